The van der Waals surface area contributed by atoms with Crippen molar-refractivity contribution < 1.29 is 19.4 Å². The summed E-state index contributed by atoms with van der Waals surface area (Å²) in [6, 6.07) is 20.8. The summed E-state index contributed by atoms with van der Waals surface area (Å²) in [5, 5.41) is 11.8. The summed E-state index contributed by atoms with van der Waals surface area (Å²) in [5.74, 6) is -0.857. The molecule has 3 rings (SSSR count). The first-order chi connectivity index (χ1) is 13.9. The van der Waals surface area contributed by atoms with E-state index in [0.29, 0.717) is 5.69 Å². The van der Waals surface area contributed by atoms with Crippen molar-refractivity contribution in [1.82, 2.24) is 0 Å². The Bertz CT molecular complexity index is 1010. The lowest BCUT2D eigenvalue weighted by Gasteiger charge is -2.14. The van der Waals surface area contributed by atoms with Crippen molar-refractivity contribution in [3.63, 3.8) is 0 Å². The largest absolute Gasteiger partial charge is 0.481 e. The lowest BCUT2D eigenvalue weighted by molar-refractivity contribution is -0.136. The molecule has 3 aromatic rings. The van der Waals surface area contributed by atoms with Crippen LogP contribution in [-0.2, 0) is 22.6 Å². The maximum absolute atomic E-state index is 12.1. The second kappa shape index (κ2) is 9.06. The van der Waals surface area contributed by atoms with Crippen molar-refractivity contribution in [3.05, 3.63) is 89.0 Å². The molecule has 0 fully saturated rings. The Morgan fingerprint density at radius 2 is 1.55 bits per heavy atom. The summed E-state index contributed by atoms with van der Waals surface area (Å²) >= 11 is 0. The predicted octanol–water partition coefficient (Wildman–Crippen LogP) is 5.35. The van der Waals surface area contributed by atoms with Crippen LogP contribution in [0.1, 0.15) is 22.3 Å². The molecule has 3 aromatic carbocycles. The third-order valence-corrected chi connectivity index (χ3v) is 4.56. The second-order valence-corrected chi connectivity index (χ2v) is 6.94. The highest BCUT2D eigenvalue weighted by atomic mass is 16.5. The number of carbonyl (C=O) groups excluding carboxylic acids is 1. The summed E-state index contributed by atoms with van der Waals surface area (Å²) in [4.78, 5) is 23.1. The fraction of sp³-hybridized carbons (Fsp3) is 0.167. The van der Waals surface area contributed by atoms with Crippen LogP contribution in [0.15, 0.2) is 66.7 Å². The number of aliphatic carboxylic acids is 1. The molecule has 0 radical (unpaired) electrons. The minimum atomic E-state index is -0.857. The quantitative estimate of drug-likeness (QED) is 0.596. The lowest BCUT2D eigenvalue weighted by atomic mass is 9.93. The number of carboxylic acid groups (broad SMARTS) is 1. The molecule has 5 nitrogen and oxygen atoms in total. The summed E-state index contributed by atoms with van der Waals surface area (Å²) in [6.45, 7) is 4.14. The van der Waals surface area contributed by atoms with E-state index in [-0.39, 0.29) is 13.0 Å². The van der Waals surface area contributed by atoms with Gasteiger partial charge in [-0.1, -0.05) is 54.6 Å². The van der Waals surface area contributed by atoms with Gasteiger partial charge in [-0.25, -0.2) is 4.79 Å². The Balaban J connectivity index is 1.74. The van der Waals surface area contributed by atoms with Gasteiger partial charge in [0, 0.05) is 5.69 Å². The van der Waals surface area contributed by atoms with Crippen molar-refractivity contribution in [2.75, 3.05) is 5.32 Å². The minimum Gasteiger partial charge on any atom is -0.481 e. The van der Waals surface area contributed by atoms with Crippen LogP contribution in [0.3, 0.4) is 0 Å². The van der Waals surface area contributed by atoms with Gasteiger partial charge in [0.15, 0.2) is 0 Å². The minimum absolute atomic E-state index is 0.0151. The maximum Gasteiger partial charge on any atom is 0.411 e. The molecule has 0 atom stereocenters. The zero-order valence-electron chi connectivity index (χ0n) is 16.4. The number of anilines is 1. The van der Waals surface area contributed by atoms with E-state index >= 15 is 0 Å². The Morgan fingerprint density at radius 1 is 0.897 bits per heavy atom. The Labute approximate surface area is 170 Å². The summed E-state index contributed by atoms with van der Waals surface area (Å²) in [7, 11) is 0. The standard InChI is InChI=1S/C24H23NO4/c1-16-11-21(25-24(28)29-15-18-7-4-3-5-8-18)12-17(2)23(16)20-10-6-9-19(13-20)14-22(26)27/h3-13H,14-15H2,1-2H3,(H,25,28)(H,26,27). The smallest absolute Gasteiger partial charge is 0.411 e. The van der Waals surface area contributed by atoms with Crippen molar-refractivity contribution in [2.45, 2.75) is 26.9 Å². The van der Waals surface area contributed by atoms with Gasteiger partial charge in [-0.15, -0.1) is 0 Å². The fourth-order valence-electron chi connectivity index (χ4n) is 3.38. The van der Waals surface area contributed by atoms with E-state index in [1.54, 1.807) is 6.07 Å². The Hall–Kier alpha value is -3.60. The van der Waals surface area contributed by atoms with Gasteiger partial charge in [0.05, 0.1) is 6.42 Å². The first kappa shape index (κ1) is 20.1. The number of carbonyl (C=O) groups is 2. The number of hydrogen-bond acceptors (Lipinski definition) is 3. The third-order valence-electron chi connectivity index (χ3n) is 4.56. The van der Waals surface area contributed by atoms with Crippen LogP contribution in [0.25, 0.3) is 11.1 Å². The Kier molecular flexibility index (Phi) is 6.29. The van der Waals surface area contributed by atoms with Gasteiger partial charge in [0.25, 0.3) is 0 Å². The summed E-state index contributed by atoms with van der Waals surface area (Å²) < 4.78 is 5.27. The number of ether oxygens (including phenoxy) is 1. The van der Waals surface area contributed by atoms with Crippen molar-refractivity contribution >= 4 is 17.7 Å². The first-order valence-corrected chi connectivity index (χ1v) is 9.32. The van der Waals surface area contributed by atoms with Crippen molar-refractivity contribution in [3.8, 4) is 11.1 Å². The van der Waals surface area contributed by atoms with Crippen molar-refractivity contribution in [2.24, 2.45) is 0 Å². The van der Waals surface area contributed by atoms with E-state index in [9.17, 15) is 9.59 Å². The van der Waals surface area contributed by atoms with Crippen LogP contribution in [0.5, 0.6) is 0 Å². The molecular weight excluding hydrogens is 366 g/mol. The first-order valence-electron chi connectivity index (χ1n) is 9.32. The second-order valence-electron chi connectivity index (χ2n) is 6.94. The average molecular weight is 389 g/mol. The molecule has 2 N–H and O–H groups in total. The highest BCUT2D eigenvalue weighted by Gasteiger charge is 2.11. The summed E-state index contributed by atoms with van der Waals surface area (Å²) in [6.07, 6.45) is -0.525. The zero-order valence-corrected chi connectivity index (χ0v) is 16.4. The van der Waals surface area contributed by atoms with E-state index in [1.807, 2.05) is 74.5 Å². The molecule has 1 amide bonds. The number of rotatable bonds is 6. The van der Waals surface area contributed by atoms with Crippen molar-refractivity contribution in [1.29, 1.82) is 0 Å². The summed E-state index contributed by atoms with van der Waals surface area (Å²) in [5.41, 5.74) is 6.28. The third kappa shape index (κ3) is 5.45. The maximum atomic E-state index is 12.1. The van der Waals surface area contributed by atoms with Crippen LogP contribution >= 0.6 is 0 Å². The van der Waals surface area contributed by atoms with Crippen LogP contribution in [0.2, 0.25) is 0 Å². The molecule has 29 heavy (non-hydrogen) atoms. The highest BCUT2D eigenvalue weighted by Crippen LogP contribution is 2.31. The molecule has 0 bridgehead atoms. The monoisotopic (exact) mass is 389 g/mol. The molecule has 0 aromatic heterocycles. The van der Waals surface area contributed by atoms with Gasteiger partial charge in [0.1, 0.15) is 6.61 Å². The molecule has 0 spiro atoms. The average Bonchev–Trinajstić information content (AvgIpc) is 2.66. The van der Waals surface area contributed by atoms with Crippen LogP contribution in [0.4, 0.5) is 10.5 Å². The molecule has 0 aliphatic heterocycles. The van der Waals surface area contributed by atoms with E-state index in [4.69, 9.17) is 9.84 Å². The molecule has 0 unspecified atom stereocenters. The number of hydrogen-bond donors (Lipinski definition) is 2. The van der Waals surface area contributed by atoms with Crippen LogP contribution in [0, 0.1) is 13.8 Å². The predicted molar refractivity (Wildman–Crippen MR) is 113 cm³/mol. The van der Waals surface area contributed by atoms with E-state index < -0.39 is 12.1 Å². The van der Waals surface area contributed by atoms with Gasteiger partial charge >= 0.3 is 12.1 Å². The number of nitrogens with one attached hydrogen (secondary N) is 1. The number of amides is 1. The Morgan fingerprint density at radius 3 is 2.21 bits per heavy atom. The SMILES string of the molecule is Cc1cc(NC(=O)OCc2ccccc2)cc(C)c1-c1cccc(CC(=O)O)c1. The zero-order chi connectivity index (χ0) is 20.8. The topological polar surface area (TPSA) is 75.6 Å². The van der Waals surface area contributed by atoms with Crippen LogP contribution in [-0.4, -0.2) is 17.2 Å². The van der Waals surface area contributed by atoms with Gasteiger partial charge in [-0.05, 0) is 59.4 Å². The van der Waals surface area contributed by atoms with Crippen LogP contribution < -0.4 is 5.32 Å². The van der Waals surface area contributed by atoms with Gasteiger partial charge in [-0.3, -0.25) is 10.1 Å². The van der Waals surface area contributed by atoms with Gasteiger partial charge < -0.3 is 9.84 Å². The number of aryl methyl sites for hydroxylation is 2. The molecule has 0 aliphatic rings. The molecule has 0 saturated carbocycles. The molecular formula is C24H23NO4. The van der Waals surface area contributed by atoms with Gasteiger partial charge in [0.2, 0.25) is 0 Å². The number of carboxylic acids is 1. The molecule has 148 valence electrons. The molecule has 0 heterocycles. The van der Waals surface area contributed by atoms with E-state index in [0.717, 1.165) is 33.4 Å². The molecule has 0 saturated heterocycles. The van der Waals surface area contributed by atoms with E-state index in [2.05, 4.69) is 5.32 Å². The number of benzene rings is 3. The van der Waals surface area contributed by atoms with Gasteiger partial charge in [-0.2, -0.15) is 0 Å². The molecule has 5 heteroatoms. The van der Waals surface area contributed by atoms with E-state index in [1.165, 1.54) is 0 Å². The highest BCUT2D eigenvalue weighted by molar-refractivity contribution is 5.86. The lowest BCUT2D eigenvalue weighted by Crippen LogP contribution is -2.14. The fourth-order valence-corrected chi connectivity index (χ4v) is 3.38. The molecule has 0 aliphatic carbocycles. The normalized spacial score (nSPS) is 10.4.